The number of fused-ring (bicyclic) bond motifs is 5. The lowest BCUT2D eigenvalue weighted by Crippen LogP contribution is -2.56. The van der Waals surface area contributed by atoms with Gasteiger partial charge in [-0.3, -0.25) is 0 Å². The Morgan fingerprint density at radius 1 is 0.903 bits per heavy atom. The van der Waals surface area contributed by atoms with E-state index in [1.165, 1.54) is 64.2 Å². The molecule has 0 unspecified atom stereocenters. The molecule has 1 nitrogen and oxygen atoms in total. The Labute approximate surface area is 194 Å². The van der Waals surface area contributed by atoms with Gasteiger partial charge in [-0.1, -0.05) is 61.3 Å². The summed E-state index contributed by atoms with van der Waals surface area (Å²) in [6.07, 6.45) is 17.4. The normalized spacial score (nSPS) is 48.6. The topological polar surface area (TPSA) is 20.2 Å². The van der Waals surface area contributed by atoms with Crippen LogP contribution in [-0.4, -0.2) is 10.7 Å². The molecule has 0 radical (unpaired) electrons. The predicted octanol–water partition coefficient (Wildman–Crippen LogP) is 8.64. The van der Waals surface area contributed by atoms with Gasteiger partial charge in [-0.2, -0.15) is 0 Å². The minimum absolute atomic E-state index is 0.360. The van der Waals surface area contributed by atoms with Crippen LogP contribution in [0.3, 0.4) is 0 Å². The zero-order valence-electron chi connectivity index (χ0n) is 22.1. The first-order valence-corrected chi connectivity index (χ1v) is 14.1. The third-order valence-electron chi connectivity index (χ3n) is 11.8. The van der Waals surface area contributed by atoms with Crippen LogP contribution in [0.5, 0.6) is 0 Å². The third-order valence-corrected chi connectivity index (χ3v) is 11.8. The second-order valence-corrected chi connectivity index (χ2v) is 14.6. The first kappa shape index (κ1) is 24.1. The summed E-state index contributed by atoms with van der Waals surface area (Å²) in [7, 11) is 0. The highest BCUT2D eigenvalue weighted by Crippen LogP contribution is 2.69. The zero-order chi connectivity index (χ0) is 22.7. The lowest BCUT2D eigenvalue weighted by Gasteiger charge is -2.62. The molecule has 4 fully saturated rings. The van der Waals surface area contributed by atoms with E-state index in [2.05, 4.69) is 48.5 Å². The van der Waals surface area contributed by atoms with Crippen LogP contribution in [0.15, 0.2) is 0 Å². The van der Waals surface area contributed by atoms with Crippen LogP contribution in [-0.2, 0) is 0 Å². The van der Waals surface area contributed by atoms with Crippen molar-refractivity contribution in [2.75, 3.05) is 0 Å². The highest BCUT2D eigenvalue weighted by atomic mass is 16.3. The summed E-state index contributed by atoms with van der Waals surface area (Å²) in [5, 5.41) is 11.0. The molecule has 0 aliphatic heterocycles. The van der Waals surface area contributed by atoms with Crippen molar-refractivity contribution in [1.29, 1.82) is 0 Å². The lowest BCUT2D eigenvalue weighted by molar-refractivity contribution is -0.152. The van der Waals surface area contributed by atoms with Gasteiger partial charge in [0.1, 0.15) is 0 Å². The lowest BCUT2D eigenvalue weighted by atomic mass is 9.43. The fraction of sp³-hybridized carbons (Fsp3) is 1.00. The highest BCUT2D eigenvalue weighted by molar-refractivity contribution is 5.10. The Bertz CT molecular complexity index is 633. The maximum atomic E-state index is 11.0. The first-order chi connectivity index (χ1) is 14.4. The van der Waals surface area contributed by atoms with Crippen LogP contribution in [0.2, 0.25) is 0 Å². The number of rotatable bonds is 5. The Balaban J connectivity index is 1.45. The summed E-state index contributed by atoms with van der Waals surface area (Å²) in [5.41, 5.74) is 1.23. The smallest absolute Gasteiger partial charge is 0.0648 e. The predicted molar refractivity (Wildman–Crippen MR) is 133 cm³/mol. The van der Waals surface area contributed by atoms with Crippen LogP contribution in [0, 0.1) is 51.8 Å². The van der Waals surface area contributed by atoms with Crippen LogP contribution in [0.1, 0.15) is 132 Å². The quantitative estimate of drug-likeness (QED) is 0.462. The van der Waals surface area contributed by atoms with E-state index in [1.807, 2.05) is 0 Å². The van der Waals surface area contributed by atoms with E-state index >= 15 is 0 Å². The molecule has 31 heavy (non-hydrogen) atoms. The van der Waals surface area contributed by atoms with Crippen LogP contribution >= 0.6 is 0 Å². The molecule has 0 saturated heterocycles. The maximum absolute atomic E-state index is 11.0. The molecule has 4 aliphatic carbocycles. The Hall–Kier alpha value is -0.0400. The molecule has 9 atom stereocenters. The Kier molecular flexibility index (Phi) is 6.47. The van der Waals surface area contributed by atoms with Crippen molar-refractivity contribution in [2.24, 2.45) is 51.8 Å². The van der Waals surface area contributed by atoms with Gasteiger partial charge in [0, 0.05) is 0 Å². The van der Waals surface area contributed by atoms with Gasteiger partial charge in [-0.25, -0.2) is 0 Å². The zero-order valence-corrected chi connectivity index (χ0v) is 22.1. The number of hydrogen-bond acceptors (Lipinski definition) is 1. The number of aliphatic hydroxyl groups is 1. The summed E-state index contributed by atoms with van der Waals surface area (Å²) < 4.78 is 0. The molecule has 0 amide bonds. The molecule has 0 spiro atoms. The van der Waals surface area contributed by atoms with E-state index in [0.717, 1.165) is 54.8 Å². The van der Waals surface area contributed by atoms with Gasteiger partial charge in [0.25, 0.3) is 0 Å². The highest BCUT2D eigenvalue weighted by Gasteiger charge is 2.61. The van der Waals surface area contributed by atoms with Gasteiger partial charge in [0.15, 0.2) is 0 Å². The van der Waals surface area contributed by atoms with E-state index in [0.29, 0.717) is 16.2 Å². The molecule has 4 saturated carbocycles. The molecule has 0 aromatic rings. The second kappa shape index (κ2) is 8.32. The van der Waals surface area contributed by atoms with E-state index in [-0.39, 0.29) is 5.60 Å². The van der Waals surface area contributed by atoms with Crippen molar-refractivity contribution in [1.82, 2.24) is 0 Å². The van der Waals surface area contributed by atoms with Gasteiger partial charge >= 0.3 is 0 Å². The summed E-state index contributed by atoms with van der Waals surface area (Å²) >= 11 is 0. The van der Waals surface area contributed by atoms with Crippen LogP contribution in [0.4, 0.5) is 0 Å². The van der Waals surface area contributed by atoms with Gasteiger partial charge in [0.2, 0.25) is 0 Å². The average molecular weight is 431 g/mol. The minimum atomic E-state index is -0.360. The van der Waals surface area contributed by atoms with Crippen molar-refractivity contribution in [3.63, 3.8) is 0 Å². The second-order valence-electron chi connectivity index (χ2n) is 14.6. The summed E-state index contributed by atoms with van der Waals surface area (Å²) in [4.78, 5) is 0. The van der Waals surface area contributed by atoms with Crippen molar-refractivity contribution in [3.05, 3.63) is 0 Å². The van der Waals surface area contributed by atoms with Crippen molar-refractivity contribution in [2.45, 2.75) is 138 Å². The van der Waals surface area contributed by atoms with E-state index < -0.39 is 0 Å². The standard InChI is InChI=1S/C30H54O/c1-8-30(31)19-18-28(6)22(20-30)11-12-23-25-14-13-24(29(25,7)17-15-26(23)28)21(2)10-9-16-27(3,4)5/h21-26,31H,8-20H2,1-7H3/t21-,22-,23+,24-,25+,26+,28+,29-,30+/m1/s1. The van der Waals surface area contributed by atoms with Gasteiger partial charge in [-0.15, -0.1) is 0 Å². The Morgan fingerprint density at radius 2 is 1.61 bits per heavy atom. The fourth-order valence-electron chi connectivity index (χ4n) is 9.77. The largest absolute Gasteiger partial charge is 0.390 e. The van der Waals surface area contributed by atoms with E-state index in [1.54, 1.807) is 0 Å². The van der Waals surface area contributed by atoms with E-state index in [9.17, 15) is 5.11 Å². The maximum Gasteiger partial charge on any atom is 0.0648 e. The van der Waals surface area contributed by atoms with Gasteiger partial charge in [-0.05, 0) is 122 Å². The number of hydrogen-bond donors (Lipinski definition) is 1. The monoisotopic (exact) mass is 430 g/mol. The molecule has 4 aliphatic rings. The first-order valence-electron chi connectivity index (χ1n) is 14.1. The van der Waals surface area contributed by atoms with Gasteiger partial charge < -0.3 is 5.11 Å². The third kappa shape index (κ3) is 4.28. The molecule has 4 rings (SSSR count). The van der Waals surface area contributed by atoms with Crippen molar-refractivity contribution < 1.29 is 5.11 Å². The molecular weight excluding hydrogens is 376 g/mol. The summed E-state index contributed by atoms with van der Waals surface area (Å²) in [6.45, 7) is 17.4. The SMILES string of the molecule is CC[C@]1(O)CC[C@@]2(C)[C@H](CC[C@@H]3[C@@H]2CC[C@]2(C)[C@@H]([C@H](C)CCCC(C)(C)C)CC[C@@H]32)C1. The average Bonchev–Trinajstić information content (AvgIpc) is 3.05. The van der Waals surface area contributed by atoms with Gasteiger partial charge in [0.05, 0.1) is 5.60 Å². The van der Waals surface area contributed by atoms with E-state index in [4.69, 9.17) is 0 Å². The molecular formula is C30H54O. The fourth-order valence-corrected chi connectivity index (χ4v) is 9.77. The Morgan fingerprint density at radius 3 is 2.29 bits per heavy atom. The molecule has 0 aromatic heterocycles. The molecule has 180 valence electrons. The molecule has 0 bridgehead atoms. The molecule has 1 N–H and O–H groups in total. The minimum Gasteiger partial charge on any atom is -0.390 e. The van der Waals surface area contributed by atoms with Crippen molar-refractivity contribution in [3.8, 4) is 0 Å². The summed E-state index contributed by atoms with van der Waals surface area (Å²) in [6, 6.07) is 0. The molecule has 0 heterocycles. The van der Waals surface area contributed by atoms with Crippen LogP contribution < -0.4 is 0 Å². The van der Waals surface area contributed by atoms with Crippen LogP contribution in [0.25, 0.3) is 0 Å². The van der Waals surface area contributed by atoms with Crippen molar-refractivity contribution >= 4 is 0 Å². The summed E-state index contributed by atoms with van der Waals surface area (Å²) in [5.74, 6) is 5.51. The molecule has 0 aromatic carbocycles. The molecule has 1 heteroatoms.